The summed E-state index contributed by atoms with van der Waals surface area (Å²) in [6.45, 7) is 2.20. The molecule has 2 heterocycles. The molecule has 0 N–H and O–H groups in total. The van der Waals surface area contributed by atoms with Gasteiger partial charge in [-0.1, -0.05) is 0 Å². The second-order valence-corrected chi connectivity index (χ2v) is 9.26. The number of allylic oxidation sites excluding steroid dienone is 2. The number of anilines is 1. The van der Waals surface area contributed by atoms with Gasteiger partial charge in [0.25, 0.3) is 0 Å². The van der Waals surface area contributed by atoms with E-state index in [4.69, 9.17) is 0 Å². The number of hydrogen-bond acceptors (Lipinski definition) is 2. The van der Waals surface area contributed by atoms with Crippen molar-refractivity contribution in [3.63, 3.8) is 0 Å². The molecule has 1 aliphatic heterocycles. The molecule has 0 bridgehead atoms. The standard InChI is InChI=1S/C20H19N2SSe/c1-14(12-19-21(2)15-8-4-6-10-17(15)23-19)13-20-22(3)16-9-5-7-11-18(16)24-20/h4-13H,1-3H3/q+1. The summed E-state index contributed by atoms with van der Waals surface area (Å²) < 4.78 is 5.22. The van der Waals surface area contributed by atoms with E-state index >= 15 is 0 Å². The second-order valence-electron chi connectivity index (χ2n) is 5.97. The van der Waals surface area contributed by atoms with E-state index in [1.54, 1.807) is 0 Å². The van der Waals surface area contributed by atoms with E-state index in [0.29, 0.717) is 14.5 Å². The SMILES string of the molecule is CC(=Cc1[se]c2ccccc2[n+]1C)C=C1Sc2ccccc2N1C. The van der Waals surface area contributed by atoms with Gasteiger partial charge in [0.2, 0.25) is 0 Å². The Balaban J connectivity index is 1.67. The Kier molecular flexibility index (Phi) is 4.13. The quantitative estimate of drug-likeness (QED) is 0.472. The van der Waals surface area contributed by atoms with Crippen LogP contribution in [0.1, 0.15) is 11.5 Å². The van der Waals surface area contributed by atoms with Crippen LogP contribution in [0.5, 0.6) is 0 Å². The number of rotatable bonds is 2. The Labute approximate surface area is 152 Å². The summed E-state index contributed by atoms with van der Waals surface area (Å²) in [5.74, 6) is 0. The van der Waals surface area contributed by atoms with Crippen molar-refractivity contribution in [1.82, 2.24) is 0 Å². The molecule has 0 atom stereocenters. The van der Waals surface area contributed by atoms with E-state index in [1.807, 2.05) is 11.8 Å². The Hall–Kier alpha value is -1.74. The van der Waals surface area contributed by atoms with E-state index in [0.717, 1.165) is 0 Å². The number of aromatic nitrogens is 1. The summed E-state index contributed by atoms with van der Waals surface area (Å²) in [4.78, 5) is 3.61. The van der Waals surface area contributed by atoms with Crippen LogP contribution in [0, 0.1) is 0 Å². The minimum absolute atomic E-state index is 0.392. The average molecular weight is 398 g/mol. The van der Waals surface area contributed by atoms with Crippen LogP contribution in [0.25, 0.3) is 15.9 Å². The normalized spacial score (nSPS) is 16.2. The molecule has 1 aromatic heterocycles. The molecule has 0 spiro atoms. The molecule has 4 heteroatoms. The van der Waals surface area contributed by atoms with Crippen molar-refractivity contribution in [1.29, 1.82) is 0 Å². The summed E-state index contributed by atoms with van der Waals surface area (Å²) in [6, 6.07) is 17.3. The summed E-state index contributed by atoms with van der Waals surface area (Å²) in [5.41, 5.74) is 3.95. The number of hydrogen-bond donors (Lipinski definition) is 0. The van der Waals surface area contributed by atoms with Gasteiger partial charge >= 0.3 is 153 Å². The molecule has 2 nitrogen and oxygen atoms in total. The molecule has 120 valence electrons. The van der Waals surface area contributed by atoms with Gasteiger partial charge in [-0.2, -0.15) is 0 Å². The number of para-hydroxylation sites is 2. The third-order valence-corrected chi connectivity index (χ3v) is 7.86. The third-order valence-electron chi connectivity index (χ3n) is 4.25. The van der Waals surface area contributed by atoms with E-state index in [1.165, 1.54) is 35.5 Å². The number of fused-ring (bicyclic) bond motifs is 2. The third kappa shape index (κ3) is 2.75. The maximum absolute atomic E-state index is 2.34. The number of thioether (sulfide) groups is 1. The van der Waals surface area contributed by atoms with Crippen LogP contribution in [0.2, 0.25) is 0 Å². The zero-order valence-corrected chi connectivity index (χ0v) is 16.5. The minimum atomic E-state index is 0.392. The average Bonchev–Trinajstić information content (AvgIpc) is 3.06. The second kappa shape index (κ2) is 6.29. The van der Waals surface area contributed by atoms with Crippen LogP contribution in [-0.4, -0.2) is 21.6 Å². The zero-order valence-electron chi connectivity index (χ0n) is 14.0. The molecule has 2 aromatic carbocycles. The van der Waals surface area contributed by atoms with Gasteiger partial charge in [-0.3, -0.25) is 0 Å². The topological polar surface area (TPSA) is 7.12 Å². The van der Waals surface area contributed by atoms with Crippen molar-refractivity contribution < 1.29 is 4.57 Å². The number of aryl methyl sites for hydroxylation is 1. The van der Waals surface area contributed by atoms with E-state index in [2.05, 4.69) is 91.2 Å². The van der Waals surface area contributed by atoms with Crippen LogP contribution in [0.3, 0.4) is 0 Å². The number of benzene rings is 2. The van der Waals surface area contributed by atoms with Crippen LogP contribution >= 0.6 is 11.8 Å². The molecule has 3 aromatic rings. The van der Waals surface area contributed by atoms with Gasteiger partial charge in [0.15, 0.2) is 0 Å². The van der Waals surface area contributed by atoms with Crippen LogP contribution in [0.15, 0.2) is 70.1 Å². The first-order valence-electron chi connectivity index (χ1n) is 7.91. The molecule has 1 aliphatic rings. The first kappa shape index (κ1) is 15.8. The zero-order chi connectivity index (χ0) is 16.7. The fourth-order valence-electron chi connectivity index (χ4n) is 2.92. The van der Waals surface area contributed by atoms with Gasteiger partial charge in [-0.05, 0) is 0 Å². The molecule has 24 heavy (non-hydrogen) atoms. The molecular weight excluding hydrogens is 379 g/mol. The fourth-order valence-corrected chi connectivity index (χ4v) is 6.52. The molecule has 0 saturated carbocycles. The van der Waals surface area contributed by atoms with Crippen LogP contribution in [-0.2, 0) is 7.05 Å². The van der Waals surface area contributed by atoms with E-state index < -0.39 is 0 Å². The molecule has 4 rings (SSSR count). The molecule has 0 fully saturated rings. The van der Waals surface area contributed by atoms with E-state index in [9.17, 15) is 0 Å². The van der Waals surface area contributed by atoms with Crippen molar-refractivity contribution >= 4 is 47.8 Å². The van der Waals surface area contributed by atoms with Crippen LogP contribution in [0.4, 0.5) is 5.69 Å². The summed E-state index contributed by atoms with van der Waals surface area (Å²) >= 11 is 2.24. The Morgan fingerprint density at radius 1 is 1.12 bits per heavy atom. The first-order chi connectivity index (χ1) is 11.6. The van der Waals surface area contributed by atoms with Crippen LogP contribution < -0.4 is 9.47 Å². The van der Waals surface area contributed by atoms with Gasteiger partial charge in [0.05, 0.1) is 0 Å². The van der Waals surface area contributed by atoms with Gasteiger partial charge in [0, 0.05) is 0 Å². The Morgan fingerprint density at radius 3 is 2.67 bits per heavy atom. The summed E-state index contributed by atoms with van der Waals surface area (Å²) in [6.07, 6.45) is 4.63. The Bertz CT molecular complexity index is 984. The molecular formula is C20H19N2SSe+. The van der Waals surface area contributed by atoms with Gasteiger partial charge in [-0.15, -0.1) is 0 Å². The fraction of sp³-hybridized carbons (Fsp3) is 0.150. The van der Waals surface area contributed by atoms with Crippen molar-refractivity contribution in [2.45, 2.75) is 11.8 Å². The molecule has 0 unspecified atom stereocenters. The monoisotopic (exact) mass is 399 g/mol. The van der Waals surface area contributed by atoms with Crippen molar-refractivity contribution in [2.24, 2.45) is 7.05 Å². The van der Waals surface area contributed by atoms with Gasteiger partial charge in [0.1, 0.15) is 0 Å². The summed E-state index contributed by atoms with van der Waals surface area (Å²) in [5, 5.41) is 1.29. The molecule has 0 radical (unpaired) electrons. The van der Waals surface area contributed by atoms with Crippen molar-refractivity contribution in [3.8, 4) is 0 Å². The van der Waals surface area contributed by atoms with Crippen molar-refractivity contribution in [2.75, 3.05) is 11.9 Å². The molecule has 0 amide bonds. The predicted octanol–water partition coefficient (Wildman–Crippen LogP) is 4.21. The maximum atomic E-state index is 2.34. The van der Waals surface area contributed by atoms with Gasteiger partial charge < -0.3 is 0 Å². The molecule has 0 aliphatic carbocycles. The Morgan fingerprint density at radius 2 is 1.88 bits per heavy atom. The van der Waals surface area contributed by atoms with Crippen molar-refractivity contribution in [3.05, 3.63) is 69.8 Å². The number of nitrogens with zero attached hydrogens (tertiary/aromatic N) is 2. The summed E-state index contributed by atoms with van der Waals surface area (Å²) in [7, 11) is 4.32. The molecule has 0 saturated heterocycles. The van der Waals surface area contributed by atoms with Gasteiger partial charge in [-0.25, -0.2) is 0 Å². The first-order valence-corrected chi connectivity index (χ1v) is 10.4. The predicted molar refractivity (Wildman–Crippen MR) is 105 cm³/mol. The van der Waals surface area contributed by atoms with E-state index in [-0.39, 0.29) is 0 Å².